The number of hydrogen-bond acceptors (Lipinski definition) is 16. The first kappa shape index (κ1) is 69.1. The molecule has 2 amide bonds. The molecular formula is C70H92N6O12V2-2. The first-order valence-electron chi connectivity index (χ1n) is 33.0. The Morgan fingerprint density at radius 3 is 1.42 bits per heavy atom. The van der Waals surface area contributed by atoms with Crippen molar-refractivity contribution in [2.75, 3.05) is 27.3 Å². The van der Waals surface area contributed by atoms with Gasteiger partial charge in [0.25, 0.3) is 0 Å². The van der Waals surface area contributed by atoms with E-state index in [0.717, 1.165) is 93.1 Å². The number of aromatic nitrogens is 4. The number of amides is 2. The molecule has 0 spiro atoms. The van der Waals surface area contributed by atoms with Crippen LogP contribution in [0.4, 0.5) is 0 Å². The number of carbonyl (C=O) groups is 4. The van der Waals surface area contributed by atoms with E-state index in [-0.39, 0.29) is 111 Å². The molecule has 4 aliphatic heterocycles. The van der Waals surface area contributed by atoms with Crippen molar-refractivity contribution in [2.45, 2.75) is 207 Å². The summed E-state index contributed by atoms with van der Waals surface area (Å²) >= 11 is 0. The van der Waals surface area contributed by atoms with Crippen LogP contribution in [0.5, 0.6) is 23.3 Å². The Balaban J connectivity index is 0.000000209. The molecule has 14 atom stereocenters. The number of benzene rings is 2. The summed E-state index contributed by atoms with van der Waals surface area (Å²) in [6, 6.07) is 9.72. The van der Waals surface area contributed by atoms with Gasteiger partial charge in [-0.3, -0.25) is 19.2 Å². The van der Waals surface area contributed by atoms with Crippen LogP contribution in [0.1, 0.15) is 170 Å². The summed E-state index contributed by atoms with van der Waals surface area (Å²) in [7, 11) is 3.24. The molecule has 6 bridgehead atoms. The largest absolute Gasteiger partial charge is 0.540 e. The number of esters is 2. The molecule has 90 heavy (non-hydrogen) atoms. The summed E-state index contributed by atoms with van der Waals surface area (Å²) < 4.78 is 36.4. The van der Waals surface area contributed by atoms with Gasteiger partial charge in [-0.2, -0.15) is 0 Å². The van der Waals surface area contributed by atoms with Gasteiger partial charge in [0.2, 0.25) is 23.6 Å². The number of carbonyl (C=O) groups excluding carboxylic acids is 6. The topological polar surface area (TPSA) is 216 Å². The summed E-state index contributed by atoms with van der Waals surface area (Å²) in [6.07, 6.45) is 18.5. The number of ether oxygens (including phenoxy) is 6. The minimum Gasteiger partial charge on any atom is -0.540 e. The monoisotopic (exact) mass is 1310 g/mol. The van der Waals surface area contributed by atoms with Crippen molar-refractivity contribution in [3.05, 3.63) is 47.8 Å². The van der Waals surface area contributed by atoms with Crippen LogP contribution in [-0.4, -0.2) is 130 Å². The van der Waals surface area contributed by atoms with Crippen molar-refractivity contribution >= 4 is 58.4 Å². The molecule has 9 aliphatic rings. The van der Waals surface area contributed by atoms with Crippen LogP contribution in [0, 0.1) is 70.0 Å². The maximum absolute atomic E-state index is 14.3. The smallest absolute Gasteiger partial charge is 0.306 e. The van der Waals surface area contributed by atoms with Gasteiger partial charge in [-0.15, -0.1) is 0 Å². The molecule has 13 rings (SSSR count). The van der Waals surface area contributed by atoms with Crippen LogP contribution >= 0.6 is 0 Å². The van der Waals surface area contributed by atoms with Crippen molar-refractivity contribution in [3.63, 3.8) is 0 Å². The van der Waals surface area contributed by atoms with Gasteiger partial charge in [0.15, 0.2) is 0 Å². The van der Waals surface area contributed by atoms with Gasteiger partial charge in [0.05, 0.1) is 74.1 Å². The van der Waals surface area contributed by atoms with E-state index < -0.39 is 47.0 Å². The van der Waals surface area contributed by atoms with Gasteiger partial charge in [-0.05, 0) is 147 Å². The molecule has 2 aromatic carbocycles. The van der Waals surface area contributed by atoms with Crippen molar-refractivity contribution in [1.29, 1.82) is 0 Å². The number of fused-ring (bicyclic) bond motifs is 11. The summed E-state index contributed by atoms with van der Waals surface area (Å²) in [6.45, 7) is 16.2. The Morgan fingerprint density at radius 2 is 0.978 bits per heavy atom. The molecule has 0 N–H and O–H groups in total. The average molecular weight is 1310 g/mol. The summed E-state index contributed by atoms with van der Waals surface area (Å²) in [4.78, 5) is 103. The van der Waals surface area contributed by atoms with Gasteiger partial charge in [-0.25, -0.2) is 32.5 Å². The van der Waals surface area contributed by atoms with E-state index >= 15 is 0 Å². The standard InChI is InChI=1S/2C35H46N3O6.2V/c1-6-23-29(19-39)38-18-30(23)43-33-27(36-26-13-12-22(42-5)16-28(26)37-33)11-9-7-8-10-24-20-14-21(15-20)32(24)44-31(40)17-25(34(38)41)35(2,3)4;1-6-22-29(19-39)38-18-31(22)44-33-27(36-26-13-12-21(42-5)16-28(26)37-33)11-9-7-8-10-23-24-14-20(24)15-30(23)43-32(40)17-25(34(38)41)35(2,3)4;;/h12-13,16,20-21,23-25,29-30,32H,6-11,14-15,17-18H2,1-5H3;12-13,16,20,22-25,29-31H,6-11,14-15,17-18H2,1-5H3;;/q2*-1;;/t20?,21?,23-,24+,25+,29+,30-,32+;20-,22-,23+,24-,25+,29+,30+,31-;;/m00../s1. The van der Waals surface area contributed by atoms with Crippen molar-refractivity contribution < 1.29 is 94.3 Å². The second-order valence-corrected chi connectivity index (χ2v) is 28.9. The zero-order chi connectivity index (χ0) is 62.3. The van der Waals surface area contributed by atoms with Crippen LogP contribution in [-0.2, 0) is 88.2 Å². The van der Waals surface area contributed by atoms with Crippen LogP contribution in [0.25, 0.3) is 22.1 Å². The molecule has 5 aliphatic carbocycles. The number of nitrogens with zero attached hydrogens (tertiary/aromatic N) is 6. The maximum Gasteiger partial charge on any atom is 0.306 e. The van der Waals surface area contributed by atoms with Crippen LogP contribution in [0.3, 0.4) is 0 Å². The third kappa shape index (κ3) is 14.6. The summed E-state index contributed by atoms with van der Waals surface area (Å²) in [5, 5.41) is 0. The first-order chi connectivity index (χ1) is 42.2. The van der Waals surface area contributed by atoms with Gasteiger partial charge in [0.1, 0.15) is 47.3 Å². The molecule has 20 heteroatoms. The summed E-state index contributed by atoms with van der Waals surface area (Å²) in [5.41, 5.74) is 3.42. The van der Waals surface area contributed by atoms with Crippen LogP contribution < -0.4 is 18.9 Å². The molecule has 7 fully saturated rings. The molecule has 2 saturated heterocycles. The van der Waals surface area contributed by atoms with E-state index in [1.165, 1.54) is 6.42 Å². The predicted molar refractivity (Wildman–Crippen MR) is 330 cm³/mol. The average Bonchev–Trinajstić information content (AvgIpc) is 1.87. The van der Waals surface area contributed by atoms with E-state index in [1.807, 2.05) is 91.8 Å². The third-order valence-electron chi connectivity index (χ3n) is 21.4. The van der Waals surface area contributed by atoms with Gasteiger partial charge >= 0.3 is 11.9 Å². The Bertz CT molecular complexity index is 3140. The molecule has 4 aromatic rings. The fourth-order valence-electron chi connectivity index (χ4n) is 16.2. The molecule has 486 valence electrons. The molecule has 6 heterocycles. The minimum atomic E-state index is -0.774. The molecule has 18 nitrogen and oxygen atoms in total. The number of rotatable bonds is 6. The van der Waals surface area contributed by atoms with E-state index in [1.54, 1.807) is 24.0 Å². The van der Waals surface area contributed by atoms with E-state index in [2.05, 4.69) is 12.6 Å². The minimum absolute atomic E-state index is 0. The summed E-state index contributed by atoms with van der Waals surface area (Å²) in [5.74, 6) is 2.52. The molecular weight excluding hydrogens is 1220 g/mol. The van der Waals surface area contributed by atoms with Crippen LogP contribution in [0.15, 0.2) is 36.4 Å². The second kappa shape index (κ2) is 28.9. The van der Waals surface area contributed by atoms with Gasteiger partial charge in [0, 0.05) is 49.2 Å². The van der Waals surface area contributed by atoms with Crippen molar-refractivity contribution in [1.82, 2.24) is 29.7 Å². The Labute approximate surface area is 555 Å². The zero-order valence-corrected chi connectivity index (χ0v) is 57.1. The Hall–Kier alpha value is -5.29. The van der Waals surface area contributed by atoms with Gasteiger partial charge in [-0.1, -0.05) is 106 Å². The Kier molecular flexibility index (Phi) is 22.2. The Morgan fingerprint density at radius 1 is 0.522 bits per heavy atom. The second-order valence-electron chi connectivity index (χ2n) is 28.9. The van der Waals surface area contributed by atoms with Crippen LogP contribution in [0.2, 0.25) is 0 Å². The maximum atomic E-state index is 14.3. The van der Waals surface area contributed by atoms with E-state index in [4.69, 9.17) is 48.4 Å². The first-order valence-corrected chi connectivity index (χ1v) is 33.0. The number of hydrogen-bond donors (Lipinski definition) is 0. The van der Waals surface area contributed by atoms with Crippen molar-refractivity contribution in [2.24, 2.45) is 70.0 Å². The quantitative estimate of drug-likeness (QED) is 0.130. The van der Waals surface area contributed by atoms with Gasteiger partial charge < -0.3 is 47.8 Å². The predicted octanol–water partition coefficient (Wildman–Crippen LogP) is 10.9. The molecule has 0 unspecified atom stereocenters. The third-order valence-corrected chi connectivity index (χ3v) is 21.4. The zero-order valence-electron chi connectivity index (χ0n) is 54.3. The molecule has 2 radical (unpaired) electrons. The van der Waals surface area contributed by atoms with Crippen molar-refractivity contribution in [3.8, 4) is 23.3 Å². The van der Waals surface area contributed by atoms with E-state index in [0.29, 0.717) is 95.5 Å². The number of methoxy groups -OCH3 is 2. The molecule has 5 saturated carbocycles. The van der Waals surface area contributed by atoms with E-state index in [9.17, 15) is 28.8 Å². The normalized spacial score (nSPS) is 32.2. The molecule has 2 aromatic heterocycles. The SMILES string of the molecule is CC[C@@H]1[C@@H]2CN(C(=O)[C@H](C(C)(C)C)CC(=O)O[C@@H]3C4CC(C4)[C@H]3CCCCCc3nc4ccc(OC)cc4nc3O2)[C@@H]1[C-]=O.CC[C@@H]1[C@@H]2CN(C(=O)[C@H](C(C)(C)C)CC(=O)O[C@@H]3C[C@@H]4C[C@@H]4[C@H]3CCCCCc3nc4ccc(OC)cc4nc3O2)[C@@H]1[C-]=O.[V].[V]. The fourth-order valence-corrected chi connectivity index (χ4v) is 16.2. The number of aryl methyl sites for hydroxylation is 2. The fraction of sp³-hybridized carbons (Fsp3) is 0.686.